The van der Waals surface area contributed by atoms with Crippen LogP contribution in [-0.2, 0) is 5.41 Å². The summed E-state index contributed by atoms with van der Waals surface area (Å²) in [5.74, 6) is 0. The van der Waals surface area contributed by atoms with E-state index in [1.54, 1.807) is 0 Å². The molecule has 6 aromatic rings. The number of benzene rings is 6. The van der Waals surface area contributed by atoms with Crippen LogP contribution in [0.3, 0.4) is 0 Å². The van der Waals surface area contributed by atoms with Crippen molar-refractivity contribution >= 4 is 43.1 Å². The zero-order valence-corrected chi connectivity index (χ0v) is 17.7. The van der Waals surface area contributed by atoms with Crippen molar-refractivity contribution < 1.29 is 0 Å². The van der Waals surface area contributed by atoms with Crippen LogP contribution in [0.15, 0.2) is 97.1 Å². The lowest BCUT2D eigenvalue weighted by atomic mass is 9.81. The van der Waals surface area contributed by atoms with Crippen LogP contribution >= 0.6 is 0 Å². The molecule has 0 aromatic heterocycles. The number of hydrogen-bond acceptors (Lipinski definition) is 0. The average molecular weight is 395 g/mol. The molecule has 0 N–H and O–H groups in total. The summed E-state index contributed by atoms with van der Waals surface area (Å²) in [6.45, 7) is 4.74. The third kappa shape index (κ3) is 2.20. The van der Waals surface area contributed by atoms with Gasteiger partial charge in [-0.1, -0.05) is 86.6 Å². The van der Waals surface area contributed by atoms with Crippen LogP contribution in [0.2, 0.25) is 0 Å². The highest BCUT2D eigenvalue weighted by Gasteiger charge is 2.36. The molecule has 0 bridgehead atoms. The van der Waals surface area contributed by atoms with E-state index in [1.807, 2.05) is 0 Å². The lowest BCUT2D eigenvalue weighted by molar-refractivity contribution is 0.661. The maximum absolute atomic E-state index is 2.43. The van der Waals surface area contributed by atoms with Crippen LogP contribution in [0.25, 0.3) is 54.2 Å². The second-order valence-corrected chi connectivity index (χ2v) is 9.44. The Labute approximate surface area is 181 Å². The van der Waals surface area contributed by atoms with E-state index in [4.69, 9.17) is 0 Å². The topological polar surface area (TPSA) is 0 Å². The minimum Gasteiger partial charge on any atom is -0.0616 e. The van der Waals surface area contributed by atoms with Crippen molar-refractivity contribution in [3.05, 3.63) is 108 Å². The van der Waals surface area contributed by atoms with Crippen LogP contribution in [0.5, 0.6) is 0 Å². The zero-order chi connectivity index (χ0) is 20.7. The molecule has 0 aliphatic heterocycles. The maximum Gasteiger partial charge on any atom is 0.0159 e. The second-order valence-electron chi connectivity index (χ2n) is 9.44. The molecule has 0 spiro atoms. The van der Waals surface area contributed by atoms with E-state index in [1.165, 1.54) is 65.3 Å². The van der Waals surface area contributed by atoms with Crippen molar-refractivity contribution in [2.45, 2.75) is 19.3 Å². The van der Waals surface area contributed by atoms with E-state index in [-0.39, 0.29) is 5.41 Å². The first-order valence-corrected chi connectivity index (χ1v) is 11.0. The highest BCUT2D eigenvalue weighted by atomic mass is 14.4. The monoisotopic (exact) mass is 394 g/mol. The quantitative estimate of drug-likeness (QED) is 0.179. The highest BCUT2D eigenvalue weighted by molar-refractivity contribution is 6.15. The molecule has 0 fully saturated rings. The fourth-order valence-corrected chi connectivity index (χ4v) is 5.76. The summed E-state index contributed by atoms with van der Waals surface area (Å²) in [7, 11) is 0. The van der Waals surface area contributed by atoms with E-state index in [0.717, 1.165) is 0 Å². The van der Waals surface area contributed by atoms with Crippen LogP contribution in [0.1, 0.15) is 25.0 Å². The number of rotatable bonds is 0. The molecule has 0 atom stereocenters. The van der Waals surface area contributed by atoms with Crippen molar-refractivity contribution in [2.75, 3.05) is 0 Å². The van der Waals surface area contributed by atoms with Gasteiger partial charge < -0.3 is 0 Å². The molecule has 0 heterocycles. The minimum absolute atomic E-state index is 0.00959. The Hall–Kier alpha value is -3.64. The van der Waals surface area contributed by atoms with Crippen molar-refractivity contribution in [2.24, 2.45) is 0 Å². The molecule has 6 aromatic carbocycles. The number of hydrogen-bond donors (Lipinski definition) is 0. The molecule has 0 amide bonds. The average Bonchev–Trinajstić information content (AvgIpc) is 3.02. The van der Waals surface area contributed by atoms with Crippen LogP contribution in [0, 0.1) is 0 Å². The Morgan fingerprint density at radius 2 is 1.10 bits per heavy atom. The lowest BCUT2D eigenvalue weighted by Crippen LogP contribution is -2.14. The Morgan fingerprint density at radius 1 is 0.452 bits per heavy atom. The third-order valence-electron chi connectivity index (χ3n) is 7.38. The van der Waals surface area contributed by atoms with E-state index in [0.29, 0.717) is 0 Å². The van der Waals surface area contributed by atoms with E-state index in [9.17, 15) is 0 Å². The SMILES string of the molecule is CC1(C)c2cc3cc4ccccc4cc3cc2-c2c1ccc1c2ccc2ccccc21. The highest BCUT2D eigenvalue weighted by Crippen LogP contribution is 2.53. The molecule has 0 saturated carbocycles. The standard InChI is InChI=1S/C31H22/c1-31(2)28-14-13-25-24-10-6-5-7-19(24)11-12-26(25)30(28)27-17-22-15-20-8-3-4-9-21(20)16-23(22)18-29(27)31/h3-18H,1-2H3. The first kappa shape index (κ1) is 17.1. The van der Waals surface area contributed by atoms with Gasteiger partial charge >= 0.3 is 0 Å². The van der Waals surface area contributed by atoms with Gasteiger partial charge in [0.25, 0.3) is 0 Å². The van der Waals surface area contributed by atoms with E-state index < -0.39 is 0 Å². The van der Waals surface area contributed by atoms with Gasteiger partial charge in [-0.2, -0.15) is 0 Å². The van der Waals surface area contributed by atoms with E-state index in [2.05, 4.69) is 111 Å². The van der Waals surface area contributed by atoms with Crippen LogP contribution in [-0.4, -0.2) is 0 Å². The molecule has 0 heteroatoms. The summed E-state index contributed by atoms with van der Waals surface area (Å²) in [6, 6.07) is 36.2. The molecule has 7 rings (SSSR count). The van der Waals surface area contributed by atoms with Gasteiger partial charge in [-0.15, -0.1) is 0 Å². The minimum atomic E-state index is -0.00959. The fraction of sp³-hybridized carbons (Fsp3) is 0.0968. The molecule has 31 heavy (non-hydrogen) atoms. The van der Waals surface area contributed by atoms with E-state index >= 15 is 0 Å². The smallest absolute Gasteiger partial charge is 0.0159 e. The van der Waals surface area contributed by atoms with Crippen molar-refractivity contribution in [3.63, 3.8) is 0 Å². The van der Waals surface area contributed by atoms with Crippen LogP contribution < -0.4 is 0 Å². The Balaban J connectivity index is 1.62. The van der Waals surface area contributed by atoms with Gasteiger partial charge in [0, 0.05) is 5.41 Å². The van der Waals surface area contributed by atoms with Gasteiger partial charge in [0.05, 0.1) is 0 Å². The summed E-state index contributed by atoms with van der Waals surface area (Å²) in [6.07, 6.45) is 0. The molecule has 1 aliphatic rings. The summed E-state index contributed by atoms with van der Waals surface area (Å²) in [4.78, 5) is 0. The van der Waals surface area contributed by atoms with Crippen molar-refractivity contribution in [3.8, 4) is 11.1 Å². The van der Waals surface area contributed by atoms with Gasteiger partial charge in [-0.05, 0) is 89.6 Å². The van der Waals surface area contributed by atoms with Crippen LogP contribution in [0.4, 0.5) is 0 Å². The lowest BCUT2D eigenvalue weighted by Gasteiger charge is -2.22. The molecular weight excluding hydrogens is 372 g/mol. The molecule has 0 nitrogen and oxygen atoms in total. The molecule has 0 saturated heterocycles. The number of fused-ring (bicyclic) bond motifs is 9. The van der Waals surface area contributed by atoms with Gasteiger partial charge in [-0.25, -0.2) is 0 Å². The largest absolute Gasteiger partial charge is 0.0616 e. The first-order chi connectivity index (χ1) is 15.1. The Kier molecular flexibility index (Phi) is 3.16. The molecular formula is C31H22. The third-order valence-corrected chi connectivity index (χ3v) is 7.38. The summed E-state index contributed by atoms with van der Waals surface area (Å²) in [5.41, 5.74) is 5.67. The Morgan fingerprint density at radius 3 is 1.87 bits per heavy atom. The predicted octanol–water partition coefficient (Wildman–Crippen LogP) is 8.61. The maximum atomic E-state index is 2.43. The normalized spacial score (nSPS) is 14.4. The molecule has 0 radical (unpaired) electrons. The summed E-state index contributed by atoms with van der Waals surface area (Å²) < 4.78 is 0. The first-order valence-electron chi connectivity index (χ1n) is 11.0. The summed E-state index contributed by atoms with van der Waals surface area (Å²) in [5, 5.41) is 10.6. The molecule has 146 valence electrons. The second kappa shape index (κ2) is 5.74. The Bertz CT molecular complexity index is 1700. The molecule has 1 aliphatic carbocycles. The van der Waals surface area contributed by atoms with Gasteiger partial charge in [-0.3, -0.25) is 0 Å². The van der Waals surface area contributed by atoms with Gasteiger partial charge in [0.2, 0.25) is 0 Å². The fourth-order valence-electron chi connectivity index (χ4n) is 5.76. The molecule has 0 unspecified atom stereocenters. The predicted molar refractivity (Wildman–Crippen MR) is 134 cm³/mol. The summed E-state index contributed by atoms with van der Waals surface area (Å²) >= 11 is 0. The van der Waals surface area contributed by atoms with Gasteiger partial charge in [0.1, 0.15) is 0 Å². The van der Waals surface area contributed by atoms with Crippen molar-refractivity contribution in [1.29, 1.82) is 0 Å². The van der Waals surface area contributed by atoms with Crippen molar-refractivity contribution in [1.82, 2.24) is 0 Å². The van der Waals surface area contributed by atoms with Gasteiger partial charge in [0.15, 0.2) is 0 Å². The zero-order valence-electron chi connectivity index (χ0n) is 17.7.